The third-order valence-corrected chi connectivity index (χ3v) is 15.9. The van der Waals surface area contributed by atoms with E-state index < -0.39 is 97.5 Å². The van der Waals surface area contributed by atoms with Crippen LogP contribution < -0.4 is 0 Å². The normalized spacial score (nSPS) is 14.6. The van der Waals surface area contributed by atoms with Gasteiger partial charge in [0.15, 0.2) is 12.2 Å². The van der Waals surface area contributed by atoms with E-state index in [2.05, 4.69) is 72.8 Å². The molecule has 0 aromatic carbocycles. The Morgan fingerprint density at radius 3 is 0.976 bits per heavy atom. The van der Waals surface area contributed by atoms with Crippen molar-refractivity contribution in [1.29, 1.82) is 0 Å². The van der Waals surface area contributed by atoms with E-state index in [0.29, 0.717) is 43.4 Å². The number of phosphoric ester groups is 2. The predicted molar refractivity (Wildman–Crippen MR) is 330 cm³/mol. The molecule has 83 heavy (non-hydrogen) atoms. The number of phosphoric acid groups is 2. The predicted octanol–water partition coefficient (Wildman–Crippen LogP) is 17.1. The Kier molecular flexibility index (Phi) is 53.3. The number of carbonyl (C=O) groups is 4. The van der Waals surface area contributed by atoms with Crippen LogP contribution >= 0.6 is 15.6 Å². The van der Waals surface area contributed by atoms with Gasteiger partial charge in [0, 0.05) is 25.7 Å². The van der Waals surface area contributed by atoms with E-state index in [1.165, 1.54) is 70.6 Å². The molecule has 0 rings (SSSR count). The lowest BCUT2D eigenvalue weighted by Crippen LogP contribution is -2.30. The maximum atomic E-state index is 13.0. The molecular weight excluding hydrogens is 1100 g/mol. The lowest BCUT2D eigenvalue weighted by atomic mass is 10.0. The molecule has 0 bridgehead atoms. The summed E-state index contributed by atoms with van der Waals surface area (Å²) in [7, 11) is -9.90. The summed E-state index contributed by atoms with van der Waals surface area (Å²) in [4.78, 5) is 72.1. The Hall–Kier alpha value is -2.46. The number of unbranched alkanes of at least 4 members (excludes halogenated alkanes) is 25. The number of allylic oxidation sites excluding steroid dienone is 4. The minimum Gasteiger partial charge on any atom is -0.462 e. The number of hydrogen-bond acceptors (Lipinski definition) is 15. The summed E-state index contributed by atoms with van der Waals surface area (Å²) in [5, 5.41) is 10.5. The lowest BCUT2D eigenvalue weighted by Gasteiger charge is -2.21. The molecule has 17 nitrogen and oxygen atoms in total. The molecule has 488 valence electrons. The first-order chi connectivity index (χ1) is 39.7. The van der Waals surface area contributed by atoms with Gasteiger partial charge in [-0.15, -0.1) is 0 Å². The molecule has 3 unspecified atom stereocenters. The van der Waals surface area contributed by atoms with Gasteiger partial charge in [-0.2, -0.15) is 0 Å². The van der Waals surface area contributed by atoms with Crippen molar-refractivity contribution >= 4 is 39.5 Å². The average molecular weight is 1220 g/mol. The molecular formula is C64H120O17P2. The number of ether oxygens (including phenoxy) is 4. The summed E-state index contributed by atoms with van der Waals surface area (Å²) in [5.74, 6) is -0.139. The van der Waals surface area contributed by atoms with Crippen LogP contribution in [0.2, 0.25) is 0 Å². The number of rotatable bonds is 60. The van der Waals surface area contributed by atoms with Gasteiger partial charge in [0.2, 0.25) is 0 Å². The Labute approximate surface area is 503 Å². The first-order valence-corrected chi connectivity index (χ1v) is 35.7. The van der Waals surface area contributed by atoms with Crippen LogP contribution in [0.3, 0.4) is 0 Å². The van der Waals surface area contributed by atoms with E-state index >= 15 is 0 Å². The molecule has 0 aliphatic carbocycles. The second-order valence-electron chi connectivity index (χ2n) is 23.9. The standard InChI is InChI=1S/C64H120O17P2/c1-8-9-10-11-12-13-14-15-16-17-18-19-22-31-38-45-61(66)74-51-59(80-63(68)47-40-33-26-24-29-36-43-56(4)5)53-78-82(70,71)76-49-58(65)50-77-83(72,73)79-54-60(81-64(69)48-41-34-27-25-30-37-44-57(6)7)52-75-62(67)46-39-32-23-20-21-28-35-42-55(2)3/h13-16,55-60,65H,8-12,17-54H2,1-7H3,(H,70,71)(H,72,73)/b14-13-,16-15-/t58?,59-,60-/m1/s1. The molecule has 19 heteroatoms. The van der Waals surface area contributed by atoms with Gasteiger partial charge in [-0.1, -0.05) is 233 Å². The van der Waals surface area contributed by atoms with Crippen LogP contribution in [0.4, 0.5) is 0 Å². The van der Waals surface area contributed by atoms with Crippen LogP contribution in [-0.4, -0.2) is 96.7 Å². The molecule has 0 aromatic rings. The zero-order valence-corrected chi connectivity index (χ0v) is 54.9. The fraction of sp³-hybridized carbons (Fsp3) is 0.875. The maximum Gasteiger partial charge on any atom is 0.472 e. The molecule has 0 saturated carbocycles. The zero-order chi connectivity index (χ0) is 61.7. The summed E-state index contributed by atoms with van der Waals surface area (Å²) in [6.45, 7) is 11.5. The van der Waals surface area contributed by atoms with Gasteiger partial charge in [0.25, 0.3) is 0 Å². The quantitative estimate of drug-likeness (QED) is 0.0169. The lowest BCUT2D eigenvalue weighted by molar-refractivity contribution is -0.161. The largest absolute Gasteiger partial charge is 0.472 e. The van der Waals surface area contributed by atoms with Crippen molar-refractivity contribution in [3.05, 3.63) is 24.3 Å². The van der Waals surface area contributed by atoms with Crippen molar-refractivity contribution in [2.24, 2.45) is 17.8 Å². The number of aliphatic hydroxyl groups is 1. The number of aliphatic hydroxyl groups excluding tert-OH is 1. The van der Waals surface area contributed by atoms with Gasteiger partial charge >= 0.3 is 39.5 Å². The molecule has 0 heterocycles. The van der Waals surface area contributed by atoms with E-state index in [9.17, 15) is 43.2 Å². The smallest absolute Gasteiger partial charge is 0.462 e. The van der Waals surface area contributed by atoms with Crippen molar-refractivity contribution < 1.29 is 80.2 Å². The molecule has 0 aromatic heterocycles. The monoisotopic (exact) mass is 1220 g/mol. The molecule has 3 N–H and O–H groups in total. The molecule has 0 aliphatic rings. The zero-order valence-electron chi connectivity index (χ0n) is 53.1. The minimum atomic E-state index is -4.95. The fourth-order valence-electron chi connectivity index (χ4n) is 8.94. The van der Waals surface area contributed by atoms with E-state index in [4.69, 9.17) is 37.0 Å². The van der Waals surface area contributed by atoms with Crippen molar-refractivity contribution in [2.75, 3.05) is 39.6 Å². The van der Waals surface area contributed by atoms with E-state index in [-0.39, 0.29) is 25.7 Å². The van der Waals surface area contributed by atoms with Crippen LogP contribution in [0.25, 0.3) is 0 Å². The first kappa shape index (κ1) is 80.5. The Bertz CT molecular complexity index is 1740. The molecule has 5 atom stereocenters. The van der Waals surface area contributed by atoms with Crippen molar-refractivity contribution in [3.8, 4) is 0 Å². The summed E-state index contributed by atoms with van der Waals surface area (Å²) >= 11 is 0. The van der Waals surface area contributed by atoms with Gasteiger partial charge in [0.05, 0.1) is 26.4 Å². The van der Waals surface area contributed by atoms with Crippen molar-refractivity contribution in [1.82, 2.24) is 0 Å². The minimum absolute atomic E-state index is 0.0945. The number of hydrogen-bond donors (Lipinski definition) is 3. The van der Waals surface area contributed by atoms with Gasteiger partial charge in [-0.3, -0.25) is 37.3 Å². The topological polar surface area (TPSA) is 237 Å². The van der Waals surface area contributed by atoms with Crippen molar-refractivity contribution in [2.45, 2.75) is 304 Å². The van der Waals surface area contributed by atoms with Crippen molar-refractivity contribution in [3.63, 3.8) is 0 Å². The van der Waals surface area contributed by atoms with Gasteiger partial charge in [-0.25, -0.2) is 9.13 Å². The summed E-state index contributed by atoms with van der Waals surface area (Å²) in [5.41, 5.74) is 0. The summed E-state index contributed by atoms with van der Waals surface area (Å²) in [6, 6.07) is 0. The van der Waals surface area contributed by atoms with Crippen LogP contribution in [0.15, 0.2) is 24.3 Å². The summed E-state index contributed by atoms with van der Waals surface area (Å²) < 4.78 is 67.8. The number of esters is 4. The first-order valence-electron chi connectivity index (χ1n) is 32.7. The van der Waals surface area contributed by atoms with Crippen LogP contribution in [0.5, 0.6) is 0 Å². The van der Waals surface area contributed by atoms with Gasteiger partial charge < -0.3 is 33.8 Å². The highest BCUT2D eigenvalue weighted by atomic mass is 31.2. The summed E-state index contributed by atoms with van der Waals surface area (Å²) in [6.07, 6.45) is 38.9. The van der Waals surface area contributed by atoms with E-state index in [1.807, 2.05) is 0 Å². The third-order valence-electron chi connectivity index (χ3n) is 14.0. The second kappa shape index (κ2) is 54.9. The van der Waals surface area contributed by atoms with Crippen LogP contribution in [0.1, 0.15) is 286 Å². The fourth-order valence-corrected chi connectivity index (χ4v) is 10.5. The Balaban J connectivity index is 5.23. The van der Waals surface area contributed by atoms with Gasteiger partial charge in [0.1, 0.15) is 19.3 Å². The highest BCUT2D eigenvalue weighted by Crippen LogP contribution is 2.45. The Morgan fingerprint density at radius 2 is 0.651 bits per heavy atom. The highest BCUT2D eigenvalue weighted by molar-refractivity contribution is 7.47. The highest BCUT2D eigenvalue weighted by Gasteiger charge is 2.30. The average Bonchev–Trinajstić information content (AvgIpc) is 3.44. The molecule has 0 radical (unpaired) electrons. The van der Waals surface area contributed by atoms with Gasteiger partial charge in [-0.05, 0) is 69.1 Å². The van der Waals surface area contributed by atoms with Crippen LogP contribution in [0, 0.1) is 17.8 Å². The van der Waals surface area contributed by atoms with E-state index in [0.717, 1.165) is 116 Å². The van der Waals surface area contributed by atoms with Crippen LogP contribution in [-0.2, 0) is 65.4 Å². The number of carbonyl (C=O) groups excluding carboxylic acids is 4. The molecule has 0 aliphatic heterocycles. The molecule has 0 fully saturated rings. The molecule has 0 amide bonds. The SMILES string of the molecule is CCCCCC/C=C\C=C/CCCCCCCC(=O)OC[C@H](COP(=O)(O)OCC(O)COP(=O)(O)OC[C@@H](COC(=O)CCCCCCCCCC(C)C)OC(=O)CCCCCCCCC(C)C)OC(=O)CCCCCCCCC(C)C. The molecule has 0 saturated heterocycles. The molecule has 0 spiro atoms. The van der Waals surface area contributed by atoms with E-state index in [1.54, 1.807) is 0 Å². The second-order valence-corrected chi connectivity index (χ2v) is 26.8. The maximum absolute atomic E-state index is 13.0. The Morgan fingerprint density at radius 1 is 0.373 bits per heavy atom. The third kappa shape index (κ3) is 58.3.